The number of nitriles is 1. The maximum absolute atomic E-state index is 13.1. The van der Waals surface area contributed by atoms with E-state index < -0.39 is 23.5 Å². The van der Waals surface area contributed by atoms with Crippen LogP contribution in [0.1, 0.15) is 96.4 Å². The summed E-state index contributed by atoms with van der Waals surface area (Å²) in [5.41, 5.74) is 3.08. The number of rotatable bonds is 13. The number of hydrogen-bond acceptors (Lipinski definition) is 9. The molecule has 0 radical (unpaired) electrons. The van der Waals surface area contributed by atoms with E-state index in [1.54, 1.807) is 27.7 Å². The van der Waals surface area contributed by atoms with Crippen molar-refractivity contribution in [3.8, 4) is 6.07 Å². The molecule has 3 rings (SSSR count). The van der Waals surface area contributed by atoms with Crippen LogP contribution in [-0.2, 0) is 42.5 Å². The number of thioether (sulfide) groups is 1. The molecule has 1 aromatic heterocycles. The second kappa shape index (κ2) is 16.6. The zero-order valence-electron chi connectivity index (χ0n) is 28.1. The van der Waals surface area contributed by atoms with Gasteiger partial charge in [0.05, 0.1) is 24.5 Å². The first-order chi connectivity index (χ1) is 21.8. The third-order valence-electron chi connectivity index (χ3n) is 7.90. The molecule has 10 heteroatoms. The highest BCUT2D eigenvalue weighted by Crippen LogP contribution is 2.40. The summed E-state index contributed by atoms with van der Waals surface area (Å²) in [6, 6.07) is 10.4. The molecule has 2 heterocycles. The molecule has 0 aliphatic carbocycles. The molecule has 1 aliphatic rings. The molecule has 246 valence electrons. The number of esters is 2. The maximum atomic E-state index is 13.1. The van der Waals surface area contributed by atoms with Gasteiger partial charge < -0.3 is 19.2 Å². The highest BCUT2D eigenvalue weighted by Gasteiger charge is 2.33. The van der Waals surface area contributed by atoms with E-state index in [2.05, 4.69) is 10.9 Å². The molecule has 0 unspecified atom stereocenters. The lowest BCUT2D eigenvalue weighted by Crippen LogP contribution is -2.40. The average molecular weight is 647 g/mol. The summed E-state index contributed by atoms with van der Waals surface area (Å²) < 4.78 is 11.3. The Morgan fingerprint density at radius 2 is 1.78 bits per heavy atom. The Bertz CT molecular complexity index is 1480. The maximum Gasteiger partial charge on any atom is 0.310 e. The summed E-state index contributed by atoms with van der Waals surface area (Å²) in [6.45, 7) is 21.7. The number of carbonyl (C=O) groups excluding carboxylic acids is 3. The fraction of sp³-hybridized carbons (Fsp3) is 0.556. The first-order valence-corrected chi connectivity index (χ1v) is 17.0. The largest absolute Gasteiger partial charge is 0.462 e. The topological polar surface area (TPSA) is 114 Å². The number of pyridine rings is 1. The summed E-state index contributed by atoms with van der Waals surface area (Å²) >= 11 is 1.47. The molecule has 0 saturated carbocycles. The van der Waals surface area contributed by atoms with Crippen molar-refractivity contribution in [1.29, 1.82) is 5.26 Å². The standard InChI is InChI=1S/C36H46N4O5S/c1-9-28-30(21-37)34(46-22-26-14-12-25(13-15-26)11-10-24(4)41)39-33(32(28)38-8)40-18-16-27(17-19-40)44-35(43)29(23(2)3)20-31(42)45-36(5,6)7/h12-15,23,27,29H,9-11,16-20,22H2,1-7H3/t29-/m0/s1. The molecular weight excluding hydrogens is 600 g/mol. The zero-order valence-corrected chi connectivity index (χ0v) is 29.0. The van der Waals surface area contributed by atoms with Crippen LogP contribution in [0.3, 0.4) is 0 Å². The van der Waals surface area contributed by atoms with Gasteiger partial charge in [-0.05, 0) is 63.1 Å². The quantitative estimate of drug-likeness (QED) is 0.125. The molecule has 1 aromatic carbocycles. The predicted molar refractivity (Wildman–Crippen MR) is 180 cm³/mol. The van der Waals surface area contributed by atoms with E-state index in [9.17, 15) is 19.6 Å². The first-order valence-electron chi connectivity index (χ1n) is 16.0. The Kier molecular flexibility index (Phi) is 13.2. The van der Waals surface area contributed by atoms with E-state index >= 15 is 0 Å². The fourth-order valence-corrected chi connectivity index (χ4v) is 6.31. The van der Waals surface area contributed by atoms with Gasteiger partial charge in [0, 0.05) is 38.1 Å². The third kappa shape index (κ3) is 10.3. The molecular formula is C36H46N4O5S. The molecule has 0 spiro atoms. The van der Waals surface area contributed by atoms with Crippen LogP contribution in [0.2, 0.25) is 0 Å². The van der Waals surface area contributed by atoms with Gasteiger partial charge in [0.25, 0.3) is 0 Å². The van der Waals surface area contributed by atoms with Crippen LogP contribution < -0.4 is 4.90 Å². The lowest BCUT2D eigenvalue weighted by Gasteiger charge is -2.34. The fourth-order valence-electron chi connectivity index (χ4n) is 5.35. The molecule has 9 nitrogen and oxygen atoms in total. The number of aromatic nitrogens is 1. The smallest absolute Gasteiger partial charge is 0.310 e. The molecule has 1 aliphatic heterocycles. The summed E-state index contributed by atoms with van der Waals surface area (Å²) in [5.74, 6) is -0.159. The van der Waals surface area contributed by atoms with Gasteiger partial charge in [0.1, 0.15) is 34.4 Å². The third-order valence-corrected chi connectivity index (χ3v) is 8.95. The molecule has 1 saturated heterocycles. The van der Waals surface area contributed by atoms with Crippen LogP contribution in [0.4, 0.5) is 11.5 Å². The Balaban J connectivity index is 1.72. The predicted octanol–water partition coefficient (Wildman–Crippen LogP) is 7.40. The van der Waals surface area contributed by atoms with Crippen LogP contribution in [0.5, 0.6) is 0 Å². The Labute approximate surface area is 277 Å². The molecule has 0 N–H and O–H groups in total. The summed E-state index contributed by atoms with van der Waals surface area (Å²) in [7, 11) is 0. The molecule has 1 fully saturated rings. The Hall–Kier alpha value is -3.89. The van der Waals surface area contributed by atoms with E-state index in [0.717, 1.165) is 11.1 Å². The number of piperidine rings is 1. The van der Waals surface area contributed by atoms with Crippen LogP contribution >= 0.6 is 11.8 Å². The van der Waals surface area contributed by atoms with Crippen molar-refractivity contribution >= 4 is 41.0 Å². The van der Waals surface area contributed by atoms with Crippen molar-refractivity contribution in [2.24, 2.45) is 11.8 Å². The highest BCUT2D eigenvalue weighted by atomic mass is 32.2. The highest BCUT2D eigenvalue weighted by molar-refractivity contribution is 7.98. The van der Waals surface area contributed by atoms with Gasteiger partial charge in [-0.15, -0.1) is 11.8 Å². The lowest BCUT2D eigenvalue weighted by atomic mass is 9.92. The van der Waals surface area contributed by atoms with Crippen molar-refractivity contribution in [3.05, 3.63) is 57.9 Å². The van der Waals surface area contributed by atoms with E-state index in [-0.39, 0.29) is 24.2 Å². The Morgan fingerprint density at radius 1 is 1.15 bits per heavy atom. The monoisotopic (exact) mass is 646 g/mol. The van der Waals surface area contributed by atoms with Crippen LogP contribution in [0, 0.1) is 29.7 Å². The Morgan fingerprint density at radius 3 is 2.30 bits per heavy atom. The normalized spacial score (nSPS) is 14.3. The number of aryl methyl sites for hydroxylation is 1. The van der Waals surface area contributed by atoms with Gasteiger partial charge in [0.2, 0.25) is 5.69 Å². The van der Waals surface area contributed by atoms with E-state index in [4.69, 9.17) is 21.0 Å². The van der Waals surface area contributed by atoms with Crippen LogP contribution in [0.25, 0.3) is 4.85 Å². The number of hydrogen-bond donors (Lipinski definition) is 0. The van der Waals surface area contributed by atoms with Gasteiger partial charge in [-0.1, -0.05) is 45.0 Å². The van der Waals surface area contributed by atoms with Gasteiger partial charge in [-0.2, -0.15) is 5.26 Å². The molecule has 46 heavy (non-hydrogen) atoms. The summed E-state index contributed by atoms with van der Waals surface area (Å²) in [4.78, 5) is 47.6. The minimum Gasteiger partial charge on any atom is -0.462 e. The molecule has 0 amide bonds. The van der Waals surface area contributed by atoms with Crippen LogP contribution in [0.15, 0.2) is 29.3 Å². The van der Waals surface area contributed by atoms with Crippen LogP contribution in [-0.4, -0.2) is 47.5 Å². The van der Waals surface area contributed by atoms with Gasteiger partial charge in [-0.25, -0.2) is 9.83 Å². The number of benzene rings is 1. The molecule has 0 bridgehead atoms. The van der Waals surface area contributed by atoms with Crippen molar-refractivity contribution < 1.29 is 23.9 Å². The molecule has 2 aromatic rings. The minimum atomic E-state index is -0.627. The number of nitrogens with zero attached hydrogens (tertiary/aromatic N) is 4. The number of anilines is 1. The van der Waals surface area contributed by atoms with Gasteiger partial charge in [-0.3, -0.25) is 9.59 Å². The average Bonchev–Trinajstić information content (AvgIpc) is 3.00. The minimum absolute atomic E-state index is 0.0274. The van der Waals surface area contributed by atoms with Crippen molar-refractivity contribution in [1.82, 2.24) is 4.98 Å². The first kappa shape index (κ1) is 36.6. The second-order valence-electron chi connectivity index (χ2n) is 13.1. The lowest BCUT2D eigenvalue weighted by molar-refractivity contribution is -0.165. The van der Waals surface area contributed by atoms with Gasteiger partial charge in [0.15, 0.2) is 0 Å². The number of Topliss-reactive ketones (excluding diaryl/α,β-unsaturated/α-hetero) is 1. The number of ketones is 1. The van der Waals surface area contributed by atoms with E-state index in [1.165, 1.54) is 11.8 Å². The van der Waals surface area contributed by atoms with Crippen molar-refractivity contribution in [2.45, 2.75) is 109 Å². The van der Waals surface area contributed by atoms with Crippen molar-refractivity contribution in [2.75, 3.05) is 18.0 Å². The SMILES string of the molecule is [C-]#[N+]c1c(N2CCC(OC(=O)[C@@H](CC(=O)OC(C)(C)C)C(C)C)CC2)nc(SCc2ccc(CCC(C)=O)cc2)c(C#N)c1CC. The second-order valence-corrected chi connectivity index (χ2v) is 14.1. The number of carbonyl (C=O) groups is 3. The molecule has 1 atom stereocenters. The van der Waals surface area contributed by atoms with Gasteiger partial charge >= 0.3 is 11.9 Å². The van der Waals surface area contributed by atoms with Crippen molar-refractivity contribution in [3.63, 3.8) is 0 Å². The zero-order chi connectivity index (χ0) is 34.0. The number of ether oxygens (including phenoxy) is 2. The van der Waals surface area contributed by atoms with E-state index in [0.29, 0.717) is 78.6 Å². The summed E-state index contributed by atoms with van der Waals surface area (Å²) in [6.07, 6.45) is 2.54. The van der Waals surface area contributed by atoms with E-state index in [1.807, 2.05) is 49.9 Å². The summed E-state index contributed by atoms with van der Waals surface area (Å²) in [5, 5.41) is 10.7.